The van der Waals surface area contributed by atoms with Crippen LogP contribution in [-0.2, 0) is 19.4 Å². The Morgan fingerprint density at radius 3 is 2.21 bits per heavy atom. The third kappa shape index (κ3) is 7.81. The predicted octanol–water partition coefficient (Wildman–Crippen LogP) is 10.8. The van der Waals surface area contributed by atoms with E-state index in [0.717, 1.165) is 84.9 Å². The molecule has 0 amide bonds. The van der Waals surface area contributed by atoms with Crippen molar-refractivity contribution in [3.63, 3.8) is 0 Å². The van der Waals surface area contributed by atoms with Gasteiger partial charge in [-0.2, -0.15) is 13.2 Å². The number of aryl methyl sites for hydroxylation is 3. The van der Waals surface area contributed by atoms with Gasteiger partial charge in [-0.1, -0.05) is 83.9 Å². The van der Waals surface area contributed by atoms with E-state index >= 15 is 0 Å². The zero-order valence-corrected chi connectivity index (χ0v) is 26.6. The van der Waals surface area contributed by atoms with Gasteiger partial charge in [-0.3, -0.25) is 0 Å². The lowest BCUT2D eigenvalue weighted by molar-refractivity contribution is -0.0689. The van der Waals surface area contributed by atoms with Crippen molar-refractivity contribution in [1.82, 2.24) is 9.88 Å². The summed E-state index contributed by atoms with van der Waals surface area (Å²) in [6.07, 6.45) is 16.6. The second-order valence-electron chi connectivity index (χ2n) is 12.6. The molecule has 1 N–H and O–H groups in total. The molecule has 0 radical (unpaired) electrons. The molecular formula is C37H53F3N2. The van der Waals surface area contributed by atoms with Crippen LogP contribution in [0.2, 0.25) is 0 Å². The molecule has 0 saturated carbocycles. The molecule has 0 aliphatic heterocycles. The van der Waals surface area contributed by atoms with E-state index in [1.807, 2.05) is 25.1 Å². The number of hydrogen-bond acceptors (Lipinski definition) is 1. The first-order chi connectivity index (χ1) is 20.3. The Bertz CT molecular complexity index is 1270. The van der Waals surface area contributed by atoms with Gasteiger partial charge in [0.2, 0.25) is 0 Å². The zero-order valence-electron chi connectivity index (χ0n) is 26.6. The lowest BCUT2D eigenvalue weighted by Gasteiger charge is -2.26. The fraction of sp³-hybridized carbons (Fsp3) is 0.622. The van der Waals surface area contributed by atoms with Gasteiger partial charge in [0, 0.05) is 23.1 Å². The molecule has 232 valence electrons. The Balaban J connectivity index is 1.47. The van der Waals surface area contributed by atoms with Crippen molar-refractivity contribution in [1.29, 1.82) is 0 Å². The Kier molecular flexibility index (Phi) is 12.0. The van der Waals surface area contributed by atoms with Crippen molar-refractivity contribution in [2.75, 3.05) is 13.1 Å². The van der Waals surface area contributed by atoms with Crippen LogP contribution >= 0.6 is 0 Å². The topological polar surface area (TPSA) is 17.0 Å². The fourth-order valence-corrected chi connectivity index (χ4v) is 6.97. The van der Waals surface area contributed by atoms with E-state index in [-0.39, 0.29) is 5.92 Å². The summed E-state index contributed by atoms with van der Waals surface area (Å²) in [6.45, 7) is 11.6. The van der Waals surface area contributed by atoms with E-state index in [1.165, 1.54) is 63.1 Å². The lowest BCUT2D eigenvalue weighted by Crippen LogP contribution is -2.17. The van der Waals surface area contributed by atoms with Crippen molar-refractivity contribution < 1.29 is 13.2 Å². The highest BCUT2D eigenvalue weighted by Gasteiger charge is 2.39. The van der Waals surface area contributed by atoms with Crippen LogP contribution in [0.15, 0.2) is 41.5 Å². The van der Waals surface area contributed by atoms with E-state index in [0.29, 0.717) is 12.0 Å². The molecule has 0 saturated heterocycles. The summed E-state index contributed by atoms with van der Waals surface area (Å²) in [6, 6.07) is 4.09. The fourth-order valence-electron chi connectivity index (χ4n) is 6.97. The molecule has 1 aromatic carbocycles. The van der Waals surface area contributed by atoms with Gasteiger partial charge in [0.25, 0.3) is 0 Å². The molecule has 2 aromatic rings. The molecule has 2 aliphatic carbocycles. The van der Waals surface area contributed by atoms with Crippen LogP contribution in [0.25, 0.3) is 16.5 Å². The largest absolute Gasteiger partial charge is 0.417 e. The SMILES string of the molecule is CCCCCNCCCCCCCCCn1c(CC)c(C)c2c3c(ccc21)CCC(C)C(=C1C=CC1)/C=C\3C(F)(F)F. The van der Waals surface area contributed by atoms with Crippen LogP contribution in [0, 0.1) is 12.8 Å². The number of benzene rings is 1. The maximum Gasteiger partial charge on any atom is 0.417 e. The average Bonchev–Trinajstić information content (AvgIpc) is 3.19. The summed E-state index contributed by atoms with van der Waals surface area (Å²) in [5.41, 5.74) is 5.90. The Labute approximate surface area is 252 Å². The number of hydrogen-bond donors (Lipinski definition) is 1. The lowest BCUT2D eigenvalue weighted by atomic mass is 9.80. The summed E-state index contributed by atoms with van der Waals surface area (Å²) in [5, 5.41) is 4.37. The number of unbranched alkanes of at least 4 members (excludes halogenated alkanes) is 8. The summed E-state index contributed by atoms with van der Waals surface area (Å²) in [7, 11) is 0. The summed E-state index contributed by atoms with van der Waals surface area (Å²) in [5.74, 6) is 0.107. The second-order valence-corrected chi connectivity index (χ2v) is 12.6. The molecule has 1 aromatic heterocycles. The maximum absolute atomic E-state index is 14.8. The summed E-state index contributed by atoms with van der Waals surface area (Å²) >= 11 is 0. The Morgan fingerprint density at radius 1 is 0.929 bits per heavy atom. The minimum Gasteiger partial charge on any atom is -0.344 e. The molecule has 1 heterocycles. The van der Waals surface area contributed by atoms with E-state index in [4.69, 9.17) is 0 Å². The van der Waals surface area contributed by atoms with Gasteiger partial charge in [-0.05, 0) is 111 Å². The number of halogens is 3. The van der Waals surface area contributed by atoms with Gasteiger partial charge < -0.3 is 9.88 Å². The minimum absolute atomic E-state index is 0.107. The number of nitrogens with zero attached hydrogens (tertiary/aromatic N) is 1. The van der Waals surface area contributed by atoms with E-state index < -0.39 is 11.7 Å². The monoisotopic (exact) mass is 582 g/mol. The van der Waals surface area contributed by atoms with E-state index in [2.05, 4.69) is 36.7 Å². The van der Waals surface area contributed by atoms with Gasteiger partial charge in [0.1, 0.15) is 0 Å². The Hall–Kier alpha value is -2.27. The first-order valence-corrected chi connectivity index (χ1v) is 16.8. The maximum atomic E-state index is 14.8. The number of allylic oxidation sites excluding steroid dienone is 6. The van der Waals surface area contributed by atoms with Gasteiger partial charge in [-0.15, -0.1) is 0 Å². The number of rotatable bonds is 15. The number of fused-ring (bicyclic) bond motifs is 3. The third-order valence-corrected chi connectivity index (χ3v) is 9.50. The van der Waals surface area contributed by atoms with Crippen molar-refractivity contribution in [2.45, 2.75) is 130 Å². The molecule has 42 heavy (non-hydrogen) atoms. The number of nitrogens with one attached hydrogen (secondary N) is 1. The second kappa shape index (κ2) is 15.5. The molecule has 1 atom stereocenters. The van der Waals surface area contributed by atoms with Gasteiger partial charge >= 0.3 is 6.18 Å². The van der Waals surface area contributed by atoms with Crippen LogP contribution in [0.3, 0.4) is 0 Å². The Morgan fingerprint density at radius 2 is 1.60 bits per heavy atom. The molecule has 5 heteroatoms. The molecule has 0 bridgehead atoms. The zero-order chi connectivity index (χ0) is 30.1. The van der Waals surface area contributed by atoms with Gasteiger partial charge in [-0.25, -0.2) is 0 Å². The van der Waals surface area contributed by atoms with Crippen molar-refractivity contribution in [3.8, 4) is 0 Å². The molecule has 0 spiro atoms. The third-order valence-electron chi connectivity index (χ3n) is 9.50. The van der Waals surface area contributed by atoms with Crippen molar-refractivity contribution in [3.05, 3.63) is 63.9 Å². The normalized spacial score (nSPS) is 20.3. The van der Waals surface area contributed by atoms with Crippen LogP contribution in [0.5, 0.6) is 0 Å². The molecular weight excluding hydrogens is 529 g/mol. The summed E-state index contributed by atoms with van der Waals surface area (Å²) in [4.78, 5) is 0. The standard InChI is InChI=1S/C37H53F3N2/c1-5-7-13-23-41-24-14-11-9-8-10-12-15-25-42-33(6-2)28(4)35-34(42)22-21-30-20-19-27(3)31(29-17-16-18-29)26-32(36(30)35)37(38,39)40/h16-17,21-22,26-27,41H,5-15,18-20,23-25H2,1-4H3/b31-29?,32-26+. The highest BCUT2D eigenvalue weighted by molar-refractivity contribution is 5.99. The van der Waals surface area contributed by atoms with Crippen LogP contribution in [0.1, 0.15) is 120 Å². The first-order valence-electron chi connectivity index (χ1n) is 16.8. The molecule has 4 rings (SSSR count). The van der Waals surface area contributed by atoms with E-state index in [9.17, 15) is 13.2 Å². The highest BCUT2D eigenvalue weighted by atomic mass is 19.4. The molecule has 1 unspecified atom stereocenters. The average molecular weight is 583 g/mol. The predicted molar refractivity (Wildman–Crippen MR) is 173 cm³/mol. The smallest absolute Gasteiger partial charge is 0.344 e. The molecule has 0 fully saturated rings. The van der Waals surface area contributed by atoms with Gasteiger partial charge in [0.05, 0.1) is 5.57 Å². The number of aromatic nitrogens is 1. The highest BCUT2D eigenvalue weighted by Crippen LogP contribution is 2.46. The van der Waals surface area contributed by atoms with Crippen LogP contribution < -0.4 is 5.32 Å². The molecule has 2 aliphatic rings. The first kappa shape index (κ1) is 32.6. The summed E-state index contributed by atoms with van der Waals surface area (Å²) < 4.78 is 46.8. The van der Waals surface area contributed by atoms with Crippen LogP contribution in [-0.4, -0.2) is 23.8 Å². The van der Waals surface area contributed by atoms with Crippen molar-refractivity contribution in [2.24, 2.45) is 5.92 Å². The van der Waals surface area contributed by atoms with Crippen molar-refractivity contribution >= 4 is 16.5 Å². The number of alkyl halides is 3. The quantitative estimate of drug-likeness (QED) is 0.207. The van der Waals surface area contributed by atoms with E-state index in [1.54, 1.807) is 0 Å². The van der Waals surface area contributed by atoms with Crippen LogP contribution in [0.4, 0.5) is 13.2 Å². The minimum atomic E-state index is -4.41. The molecule has 2 nitrogen and oxygen atoms in total. The van der Waals surface area contributed by atoms with Gasteiger partial charge in [0.15, 0.2) is 0 Å².